The molecule has 38 heavy (non-hydrogen) atoms. The Morgan fingerprint density at radius 1 is 1.16 bits per heavy atom. The Balaban J connectivity index is 2.53. The quantitative estimate of drug-likeness (QED) is 0.0618. The molecule has 0 fully saturated rings. The van der Waals surface area contributed by atoms with Crippen molar-refractivity contribution < 1.29 is 33.3 Å². The largest absolute Gasteiger partial charge is 0.464 e. The van der Waals surface area contributed by atoms with Crippen LogP contribution >= 0.6 is 0 Å². The number of hydrogen-bond acceptors (Lipinski definition) is 8. The summed E-state index contributed by atoms with van der Waals surface area (Å²) in [5, 5.41) is 10.9. The van der Waals surface area contributed by atoms with Gasteiger partial charge in [0.15, 0.2) is 11.6 Å². The third-order valence-electron chi connectivity index (χ3n) is 6.07. The molecule has 0 saturated carbocycles. The maximum Gasteiger partial charge on any atom is 0.360 e. The second-order valence-electron chi connectivity index (χ2n) is 10.8. The third kappa shape index (κ3) is 13.0. The van der Waals surface area contributed by atoms with Crippen LogP contribution in [-0.4, -0.2) is 70.1 Å². The zero-order valence-corrected chi connectivity index (χ0v) is 25.3. The fourth-order valence-electron chi connectivity index (χ4n) is 3.35. The van der Waals surface area contributed by atoms with Gasteiger partial charge in [-0.3, -0.25) is 0 Å². The summed E-state index contributed by atoms with van der Waals surface area (Å²) in [6.07, 6.45) is 16.3. The molecular formula is C29H47NO7Si. The number of nitrogens with zero attached hydrogens (tertiary/aromatic N) is 1. The molecule has 1 aromatic rings. The van der Waals surface area contributed by atoms with Gasteiger partial charge in [0, 0.05) is 27.2 Å². The van der Waals surface area contributed by atoms with Crippen LogP contribution in [0.25, 0.3) is 0 Å². The number of ether oxygens (including phenoxy) is 4. The average molecular weight is 550 g/mol. The molecule has 0 bridgehead atoms. The number of methoxy groups -OCH3 is 2. The molecule has 0 aromatic carbocycles. The van der Waals surface area contributed by atoms with E-state index in [1.807, 2.05) is 69.4 Å². The van der Waals surface area contributed by atoms with E-state index >= 15 is 0 Å². The van der Waals surface area contributed by atoms with E-state index < -0.39 is 25.6 Å². The predicted octanol–water partition coefficient (Wildman–Crippen LogP) is 5.74. The highest BCUT2D eigenvalue weighted by Gasteiger charge is 2.35. The van der Waals surface area contributed by atoms with Crippen LogP contribution in [0.5, 0.6) is 0 Å². The number of aromatic nitrogens is 1. The van der Waals surface area contributed by atoms with E-state index in [2.05, 4.69) is 29.4 Å². The molecule has 0 amide bonds. The highest BCUT2D eigenvalue weighted by molar-refractivity contribution is 6.76. The lowest BCUT2D eigenvalue weighted by Gasteiger charge is -2.36. The van der Waals surface area contributed by atoms with Gasteiger partial charge >= 0.3 is 5.97 Å². The van der Waals surface area contributed by atoms with E-state index in [4.69, 9.17) is 18.6 Å². The minimum Gasteiger partial charge on any atom is -0.464 e. The fraction of sp³-hybridized carbons (Fsp3) is 0.586. The molecule has 3 atom stereocenters. The summed E-state index contributed by atoms with van der Waals surface area (Å²) in [6, 6.07) is 1.09. The van der Waals surface area contributed by atoms with Crippen LogP contribution in [-0.2, 0) is 25.4 Å². The lowest BCUT2D eigenvalue weighted by Crippen LogP contribution is -2.41. The number of aliphatic hydroxyl groups excluding tert-OH is 1. The summed E-state index contributed by atoms with van der Waals surface area (Å²) in [6.45, 7) is 13.8. The van der Waals surface area contributed by atoms with Crippen LogP contribution < -0.4 is 0 Å². The molecular weight excluding hydrogens is 502 g/mol. The van der Waals surface area contributed by atoms with Gasteiger partial charge in [-0.25, -0.2) is 9.78 Å². The van der Waals surface area contributed by atoms with Crippen molar-refractivity contribution in [3.05, 3.63) is 66.5 Å². The second kappa shape index (κ2) is 17.3. The molecule has 9 heteroatoms. The Bertz CT molecular complexity index is 928. The maximum absolute atomic E-state index is 11.5. The van der Waals surface area contributed by atoms with Gasteiger partial charge in [-0.15, -0.1) is 0 Å². The van der Waals surface area contributed by atoms with Crippen molar-refractivity contribution in [3.8, 4) is 0 Å². The highest BCUT2D eigenvalue weighted by Crippen LogP contribution is 2.31. The van der Waals surface area contributed by atoms with E-state index in [0.29, 0.717) is 25.3 Å². The topological polar surface area (TPSA) is 100 Å². The van der Waals surface area contributed by atoms with Gasteiger partial charge in [0.2, 0.25) is 0 Å². The molecule has 0 aliphatic carbocycles. The Hall–Kier alpha value is -2.30. The van der Waals surface area contributed by atoms with Gasteiger partial charge < -0.3 is 28.5 Å². The van der Waals surface area contributed by atoms with Gasteiger partial charge in [0.1, 0.15) is 13.1 Å². The number of oxazole rings is 1. The van der Waals surface area contributed by atoms with Crippen molar-refractivity contribution >= 4 is 14.0 Å². The van der Waals surface area contributed by atoms with Crippen LogP contribution in [0.2, 0.25) is 25.7 Å². The van der Waals surface area contributed by atoms with Gasteiger partial charge in [0.05, 0.1) is 31.8 Å². The summed E-state index contributed by atoms with van der Waals surface area (Å²) in [5.74, 6) is -0.153. The molecule has 0 spiro atoms. The second-order valence-corrected chi connectivity index (χ2v) is 16.4. The Kier molecular flexibility index (Phi) is 15.4. The number of carbonyl (C=O) groups is 1. The molecule has 0 aliphatic rings. The average Bonchev–Trinajstić information content (AvgIpc) is 3.33. The fourth-order valence-corrected chi connectivity index (χ4v) is 4.11. The summed E-state index contributed by atoms with van der Waals surface area (Å²) >= 11 is 0. The highest BCUT2D eigenvalue weighted by atomic mass is 28.3. The van der Waals surface area contributed by atoms with Gasteiger partial charge in [-0.2, -0.15) is 0 Å². The molecule has 1 rings (SSSR count). The first-order chi connectivity index (χ1) is 17.9. The van der Waals surface area contributed by atoms with Crippen molar-refractivity contribution in [3.63, 3.8) is 0 Å². The Morgan fingerprint density at radius 2 is 1.87 bits per heavy atom. The number of rotatable bonds is 18. The molecule has 0 saturated heterocycles. The van der Waals surface area contributed by atoms with Crippen molar-refractivity contribution in [1.82, 2.24) is 4.98 Å². The SMILES string of the molecule is C/C=C/C(OCOCC[Si](C)(C)C)C(C)(C)C(O)C\C=C/C=C\C=C\C(Cc1nc(C(=O)OC)co1)OC. The van der Waals surface area contributed by atoms with Crippen molar-refractivity contribution in [1.29, 1.82) is 0 Å². The van der Waals surface area contributed by atoms with E-state index in [1.54, 1.807) is 7.11 Å². The molecule has 1 N–H and O–H groups in total. The smallest absolute Gasteiger partial charge is 0.360 e. The molecule has 8 nitrogen and oxygen atoms in total. The lowest BCUT2D eigenvalue weighted by molar-refractivity contribution is -0.127. The number of allylic oxidation sites excluding steroid dienone is 5. The van der Waals surface area contributed by atoms with Crippen LogP contribution in [0.4, 0.5) is 0 Å². The van der Waals surface area contributed by atoms with Gasteiger partial charge in [-0.05, 0) is 19.4 Å². The molecule has 1 aromatic heterocycles. The van der Waals surface area contributed by atoms with Crippen LogP contribution in [0.1, 0.15) is 43.6 Å². The molecule has 3 unspecified atom stereocenters. The number of esters is 1. The zero-order chi connectivity index (χ0) is 28.6. The molecule has 1 heterocycles. The predicted molar refractivity (Wildman–Crippen MR) is 153 cm³/mol. The summed E-state index contributed by atoms with van der Waals surface area (Å²) in [5.41, 5.74) is -0.367. The first-order valence-corrected chi connectivity index (χ1v) is 16.7. The van der Waals surface area contributed by atoms with E-state index in [-0.39, 0.29) is 24.7 Å². The monoisotopic (exact) mass is 549 g/mol. The summed E-state index contributed by atoms with van der Waals surface area (Å²) < 4.78 is 27.1. The summed E-state index contributed by atoms with van der Waals surface area (Å²) in [4.78, 5) is 15.6. The van der Waals surface area contributed by atoms with Crippen LogP contribution in [0.15, 0.2) is 59.3 Å². The number of hydrogen-bond donors (Lipinski definition) is 1. The van der Waals surface area contributed by atoms with Crippen molar-refractivity contribution in [2.75, 3.05) is 27.6 Å². The lowest BCUT2D eigenvalue weighted by atomic mass is 9.79. The Labute approximate surface area is 229 Å². The summed E-state index contributed by atoms with van der Waals surface area (Å²) in [7, 11) is 1.75. The Morgan fingerprint density at radius 3 is 2.50 bits per heavy atom. The molecule has 0 radical (unpaired) electrons. The first kappa shape index (κ1) is 33.7. The third-order valence-corrected chi connectivity index (χ3v) is 7.77. The van der Waals surface area contributed by atoms with E-state index in [1.165, 1.54) is 13.4 Å². The molecule has 214 valence electrons. The van der Waals surface area contributed by atoms with Gasteiger partial charge in [-0.1, -0.05) is 82.1 Å². The first-order valence-electron chi connectivity index (χ1n) is 13.0. The van der Waals surface area contributed by atoms with Crippen LogP contribution in [0, 0.1) is 5.41 Å². The van der Waals surface area contributed by atoms with E-state index in [9.17, 15) is 9.90 Å². The number of aliphatic hydroxyl groups is 1. The normalized spacial score (nSPS) is 15.7. The standard InChI is InChI=1S/C29H47NO7Si/c1-9-15-26(37-22-35-18-19-38(6,7)8)29(2,3)25(31)17-14-12-10-11-13-16-23(33-4)20-27-30-24(21-36-27)28(32)34-5/h9-16,21,23,25-26,31H,17-20,22H2,1-8H3/b11-10-,14-12-,15-9+,16-13+. The maximum atomic E-state index is 11.5. The number of carbonyl (C=O) groups excluding carboxylic acids is 1. The minimum absolute atomic E-state index is 0.131. The van der Waals surface area contributed by atoms with Crippen molar-refractivity contribution in [2.45, 2.75) is 77.6 Å². The van der Waals surface area contributed by atoms with Gasteiger partial charge in [0.25, 0.3) is 0 Å². The minimum atomic E-state index is -1.14. The van der Waals surface area contributed by atoms with E-state index in [0.717, 1.165) is 6.04 Å². The zero-order valence-electron chi connectivity index (χ0n) is 24.3. The molecule has 0 aliphatic heterocycles. The van der Waals surface area contributed by atoms with Crippen molar-refractivity contribution in [2.24, 2.45) is 5.41 Å². The van der Waals surface area contributed by atoms with Crippen LogP contribution in [0.3, 0.4) is 0 Å².